The van der Waals surface area contributed by atoms with Gasteiger partial charge in [-0.2, -0.15) is 12.9 Å². The Hall–Kier alpha value is -10.7. The van der Waals surface area contributed by atoms with Crippen molar-refractivity contribution in [1.82, 2.24) is 71.7 Å². The summed E-state index contributed by atoms with van der Waals surface area (Å²) in [6, 6.07) is 13.2. The summed E-state index contributed by atoms with van der Waals surface area (Å²) in [5.41, 5.74) is 2.40. The third kappa shape index (κ3) is 20.4. The number of hydrogen-bond donors (Lipinski definition) is 6. The average Bonchev–Trinajstić information content (AvgIpc) is 1.54. The highest BCUT2D eigenvalue weighted by Crippen LogP contribution is 2.38. The first kappa shape index (κ1) is 89.7. The van der Waals surface area contributed by atoms with Gasteiger partial charge in [-0.1, -0.05) is 20.8 Å². The molecule has 118 heavy (non-hydrogen) atoms. The van der Waals surface area contributed by atoms with Crippen molar-refractivity contribution in [2.45, 2.75) is 179 Å². The van der Waals surface area contributed by atoms with E-state index in [-0.39, 0.29) is 127 Å². The van der Waals surface area contributed by atoms with E-state index in [1.807, 2.05) is 27.7 Å². The molecule has 0 amide bonds. The van der Waals surface area contributed by atoms with Gasteiger partial charge in [-0.25, -0.2) is 53.8 Å². The molecule has 0 saturated carbocycles. The molecule has 0 unspecified atom stereocenters. The summed E-state index contributed by atoms with van der Waals surface area (Å²) in [7, 11) is -11.9. The molecular formula is C73H98N18O24S3. The molecule has 45 heteroatoms. The Morgan fingerprint density at radius 3 is 1.06 bits per heavy atom. The molecule has 6 N–H and O–H groups in total. The number of nitrogens with zero attached hydrogens (tertiary/aromatic N) is 15. The average molecular weight is 1710 g/mol. The number of H-pyrrole nitrogens is 3. The van der Waals surface area contributed by atoms with Crippen LogP contribution in [0.4, 0.5) is 0 Å². The molecule has 0 aliphatic carbocycles. The fourth-order valence-electron chi connectivity index (χ4n) is 14.7. The van der Waals surface area contributed by atoms with Crippen molar-refractivity contribution in [2.75, 3.05) is 78.9 Å². The molecule has 3 fully saturated rings. The maximum Gasteiger partial charge on any atom is 0.294 e. The summed E-state index contributed by atoms with van der Waals surface area (Å²) >= 11 is 0. The normalized spacial score (nSPS) is 15.9. The zero-order valence-electron chi connectivity index (χ0n) is 66.7. The Kier molecular flexibility index (Phi) is 29.8. The molecule has 642 valence electrons. The van der Waals surface area contributed by atoms with Crippen molar-refractivity contribution in [2.24, 2.45) is 17.8 Å². The predicted octanol–water partition coefficient (Wildman–Crippen LogP) is 5.53. The number of aryl methyl sites for hydroxylation is 6. The Morgan fingerprint density at radius 2 is 0.771 bits per heavy atom. The topological polar surface area (TPSA) is 547 Å². The van der Waals surface area contributed by atoms with E-state index in [0.29, 0.717) is 138 Å². The van der Waals surface area contributed by atoms with Gasteiger partial charge in [-0.3, -0.25) is 14.4 Å². The van der Waals surface area contributed by atoms with E-state index in [0.717, 1.165) is 19.3 Å². The molecule has 6 aromatic heterocycles. The van der Waals surface area contributed by atoms with Gasteiger partial charge in [-0.15, -0.1) is 45.6 Å². The number of benzene rings is 3. The fraction of sp³-hybridized carbons (Fsp3) is 0.548. The summed E-state index contributed by atoms with van der Waals surface area (Å²) in [4.78, 5) is 106. The molecule has 3 aliphatic rings. The molecule has 0 spiro atoms. The monoisotopic (exact) mass is 1710 g/mol. The second-order valence-electron chi connectivity index (χ2n) is 28.3. The number of rotatable bonds is 34. The van der Waals surface area contributed by atoms with Crippen molar-refractivity contribution in [3.05, 3.63) is 151 Å². The van der Waals surface area contributed by atoms with Crippen LogP contribution in [0.5, 0.6) is 17.2 Å². The van der Waals surface area contributed by atoms with Crippen LogP contribution in [0, 0.1) is 68.9 Å². The number of aliphatic hydroxyl groups excluding tert-OH is 3. The Balaban J connectivity index is 0.000000187. The van der Waals surface area contributed by atoms with E-state index < -0.39 is 93.9 Å². The maximum atomic E-state index is 13.7. The standard InChI is InChI=1S/C25H35N5O6S.C24H31N7O10S.C24H32N6O8S/c1-4-6-22-26-16(3)23-25(33)27-24(28-30(22)23)19-15-18(7-8-21(19)36-5-2)37(34,35)29-12-9-17(10-13-29)20(32)11-14-31;1-4-6-21-25-15(3)22-24(32)26-23(27-29(21)22)18-13-17(7-8-19(18)39-5-2)42(37,38)28-11-9-16(10-12-28)20(41-31(35)36)14-40-30(33)34;1-4-6-21-25-15(3)22-24(32)26-23(27-29(21)22)18-13-17(7-8-20(18)37-5-2)39(35,36)28-11-9-16(10-12-28)19(31)14-38-30(33)34/h7-8,15,17,20,31-32H,4-6,9-14H2,1-3H3,(H,27,28,33);7-8,13,16,20H,4-6,9-12,14H2,1-3H3,(H,26,27,32);7-8,13,16,19,31H,4-6,9-12,14H2,1-3H3,(H,26,27,32)/t2*20-;19-/m111/s1. The number of hydrogen-bond acceptors (Lipinski definition) is 30. The zero-order valence-corrected chi connectivity index (χ0v) is 69.1. The van der Waals surface area contributed by atoms with Crippen molar-refractivity contribution in [3.63, 3.8) is 0 Å². The number of nitrogens with one attached hydrogen (secondary N) is 3. The van der Waals surface area contributed by atoms with E-state index in [1.165, 1.54) is 75.0 Å². The number of sulfonamides is 3. The van der Waals surface area contributed by atoms with Crippen molar-refractivity contribution in [1.29, 1.82) is 0 Å². The van der Waals surface area contributed by atoms with Crippen LogP contribution >= 0.6 is 0 Å². The molecule has 12 rings (SSSR count). The molecule has 3 saturated heterocycles. The van der Waals surface area contributed by atoms with Crippen molar-refractivity contribution in [3.8, 4) is 51.4 Å². The van der Waals surface area contributed by atoms with Crippen LogP contribution in [0.15, 0.2) is 83.7 Å². The largest absolute Gasteiger partial charge is 0.493 e. The minimum atomic E-state index is -4.06. The first-order valence-corrected chi connectivity index (χ1v) is 43.2. The summed E-state index contributed by atoms with van der Waals surface area (Å²) in [5.74, 6) is 2.50. The molecule has 9 aromatic rings. The highest BCUT2D eigenvalue weighted by Gasteiger charge is 2.38. The highest BCUT2D eigenvalue weighted by atomic mass is 32.2. The molecule has 3 aromatic carbocycles. The zero-order chi connectivity index (χ0) is 85.7. The highest BCUT2D eigenvalue weighted by molar-refractivity contribution is 7.89. The number of ether oxygens (including phenoxy) is 3. The van der Waals surface area contributed by atoms with Gasteiger partial charge in [-0.05, 0) is 178 Å². The lowest BCUT2D eigenvalue weighted by Gasteiger charge is -2.34. The van der Waals surface area contributed by atoms with Gasteiger partial charge in [0.05, 0.1) is 80.5 Å². The molecule has 9 heterocycles. The van der Waals surface area contributed by atoms with Gasteiger partial charge in [0.15, 0.2) is 34.0 Å². The van der Waals surface area contributed by atoms with E-state index in [4.69, 9.17) is 19.3 Å². The van der Waals surface area contributed by atoms with Crippen LogP contribution < -0.4 is 30.9 Å². The number of aromatic amines is 3. The van der Waals surface area contributed by atoms with Gasteiger partial charge >= 0.3 is 0 Å². The van der Waals surface area contributed by atoms with E-state index in [2.05, 4.69) is 59.7 Å². The quantitative estimate of drug-likeness (QED) is 0.0213. The first-order chi connectivity index (χ1) is 56.2. The molecule has 42 nitrogen and oxygen atoms in total. The predicted molar refractivity (Wildman–Crippen MR) is 423 cm³/mol. The van der Waals surface area contributed by atoms with Crippen LogP contribution in [0.3, 0.4) is 0 Å². The summed E-state index contributed by atoms with van der Waals surface area (Å²) in [5, 5.41) is 72.0. The van der Waals surface area contributed by atoms with Gasteiger partial charge in [0.25, 0.3) is 31.9 Å². The SMILES string of the molecule is CCCc1nc(C)c2c(=O)[nH]c(-c3cc(S(=O)(=O)N4CCC([C@@H](CO[N+](=O)[O-])O[N+](=O)[O-])CC4)ccc3OCC)nn12.CCCc1nc(C)c2c(=O)[nH]c(-c3cc(S(=O)(=O)N4CCC([C@H](O)CCO)CC4)ccc3OCC)nn12.CCCc1nc(C)c2c(=O)[nH]c(-c3cc(S(=O)(=O)N4CCC([C@H](O)CO[N+](=O)[O-])CC4)ccc3OCC)nn12. The second-order valence-corrected chi connectivity index (χ2v) is 34.1. The number of piperidine rings is 3. The first-order valence-electron chi connectivity index (χ1n) is 38.8. The minimum Gasteiger partial charge on any atom is -0.493 e. The second kappa shape index (κ2) is 39.3. The van der Waals surface area contributed by atoms with Crippen molar-refractivity contribution >= 4 is 46.6 Å². The lowest BCUT2D eigenvalue weighted by Crippen LogP contribution is -2.43. The summed E-state index contributed by atoms with van der Waals surface area (Å²) in [6.45, 7) is 17.1. The van der Waals surface area contributed by atoms with Gasteiger partial charge in [0, 0.05) is 65.1 Å². The van der Waals surface area contributed by atoms with Crippen LogP contribution in [-0.4, -0.2) is 225 Å². The summed E-state index contributed by atoms with van der Waals surface area (Å²) in [6.07, 6.45) is 3.53. The van der Waals surface area contributed by atoms with Gasteiger partial charge < -0.3 is 59.0 Å². The number of fused-ring (bicyclic) bond motifs is 3. The van der Waals surface area contributed by atoms with Gasteiger partial charge in [0.2, 0.25) is 30.1 Å². The smallest absolute Gasteiger partial charge is 0.294 e. The molecule has 3 aliphatic heterocycles. The Labute approximate surface area is 676 Å². The Bertz CT molecular complexity index is 5630. The maximum absolute atomic E-state index is 13.7. The van der Waals surface area contributed by atoms with Gasteiger partial charge in [0.1, 0.15) is 54.0 Å². The van der Waals surface area contributed by atoms with Crippen molar-refractivity contribution < 1.29 is 84.6 Å². The van der Waals surface area contributed by atoms with Crippen LogP contribution in [0.1, 0.15) is 140 Å². The number of imidazole rings is 3. The van der Waals surface area contributed by atoms with E-state index >= 15 is 0 Å². The number of aromatic nitrogens is 12. The molecule has 0 bridgehead atoms. The molecule has 0 radical (unpaired) electrons. The number of aliphatic hydroxyl groups is 3. The molecule has 3 atom stereocenters. The van der Waals surface area contributed by atoms with E-state index in [9.17, 15) is 80.2 Å². The molecular weight excluding hydrogens is 1610 g/mol. The van der Waals surface area contributed by atoms with Crippen LogP contribution in [0.25, 0.3) is 50.7 Å². The minimum absolute atomic E-state index is 0.00465. The van der Waals surface area contributed by atoms with E-state index in [1.54, 1.807) is 40.7 Å². The fourth-order valence-corrected chi connectivity index (χ4v) is 19.2. The third-order valence-electron chi connectivity index (χ3n) is 20.5. The Morgan fingerprint density at radius 1 is 0.466 bits per heavy atom. The summed E-state index contributed by atoms with van der Waals surface area (Å²) < 4.78 is 107. The third-order valence-corrected chi connectivity index (χ3v) is 26.2. The lowest BCUT2D eigenvalue weighted by molar-refractivity contribution is -0.791. The lowest BCUT2D eigenvalue weighted by atomic mass is 9.91. The van der Waals surface area contributed by atoms with Crippen LogP contribution in [-0.2, 0) is 63.8 Å². The van der Waals surface area contributed by atoms with Crippen LogP contribution in [0.2, 0.25) is 0 Å².